The van der Waals surface area contributed by atoms with Crippen molar-refractivity contribution in [3.8, 4) is 0 Å². The highest BCUT2D eigenvalue weighted by Gasteiger charge is 2.14. The van der Waals surface area contributed by atoms with Gasteiger partial charge in [0.05, 0.1) is 0 Å². The maximum Gasteiger partial charge on any atom is 0.253 e. The Labute approximate surface area is 154 Å². The van der Waals surface area contributed by atoms with Gasteiger partial charge in [0, 0.05) is 42.7 Å². The average Bonchev–Trinajstić information content (AvgIpc) is 2.68. The molecule has 136 valence electrons. The van der Waals surface area contributed by atoms with Crippen molar-refractivity contribution in [3.05, 3.63) is 65.7 Å². The number of benzene rings is 2. The highest BCUT2D eigenvalue weighted by Crippen LogP contribution is 2.14. The monoisotopic (exact) mass is 352 g/mol. The van der Waals surface area contributed by atoms with Crippen molar-refractivity contribution in [2.24, 2.45) is 0 Å². The Bertz CT molecular complexity index is 768. The Hall–Kier alpha value is -2.95. The van der Waals surface area contributed by atoms with Crippen LogP contribution in [0.15, 0.2) is 54.6 Å². The van der Waals surface area contributed by atoms with Gasteiger partial charge in [0.2, 0.25) is 5.91 Å². The first-order chi connectivity index (χ1) is 12.5. The van der Waals surface area contributed by atoms with Gasteiger partial charge < -0.3 is 10.2 Å². The predicted octanol–water partition coefficient (Wildman–Crippen LogP) is 3.77. The first-order valence-corrected chi connectivity index (χ1v) is 8.82. The van der Waals surface area contributed by atoms with Crippen molar-refractivity contribution in [1.82, 2.24) is 4.90 Å². The summed E-state index contributed by atoms with van der Waals surface area (Å²) < 4.78 is 0. The molecule has 0 spiro atoms. The van der Waals surface area contributed by atoms with E-state index in [4.69, 9.17) is 0 Å². The van der Waals surface area contributed by atoms with E-state index in [-0.39, 0.29) is 30.4 Å². The second-order valence-corrected chi connectivity index (χ2v) is 5.90. The first kappa shape index (κ1) is 19.4. The van der Waals surface area contributed by atoms with Gasteiger partial charge >= 0.3 is 0 Å². The zero-order valence-electron chi connectivity index (χ0n) is 15.2. The van der Waals surface area contributed by atoms with E-state index in [0.29, 0.717) is 29.9 Å². The third-order valence-electron chi connectivity index (χ3n) is 4.12. The molecular weight excluding hydrogens is 328 g/mol. The van der Waals surface area contributed by atoms with Gasteiger partial charge in [-0.1, -0.05) is 36.4 Å². The molecule has 1 N–H and O–H groups in total. The molecular formula is C21H24N2O3. The zero-order chi connectivity index (χ0) is 18.9. The summed E-state index contributed by atoms with van der Waals surface area (Å²) in [6.07, 6.45) is 0.246. The smallest absolute Gasteiger partial charge is 0.253 e. The molecule has 0 saturated heterocycles. The fourth-order valence-electron chi connectivity index (χ4n) is 2.64. The fourth-order valence-corrected chi connectivity index (χ4v) is 2.64. The van der Waals surface area contributed by atoms with E-state index in [2.05, 4.69) is 5.32 Å². The quantitative estimate of drug-likeness (QED) is 0.736. The molecule has 2 rings (SSSR count). The van der Waals surface area contributed by atoms with Crippen LogP contribution in [0.1, 0.15) is 47.4 Å². The van der Waals surface area contributed by atoms with Crippen molar-refractivity contribution in [2.75, 3.05) is 18.4 Å². The molecule has 0 aliphatic carbocycles. The summed E-state index contributed by atoms with van der Waals surface area (Å²) in [5, 5.41) is 2.76. The summed E-state index contributed by atoms with van der Waals surface area (Å²) in [4.78, 5) is 38.3. The molecule has 0 aromatic heterocycles. The largest absolute Gasteiger partial charge is 0.339 e. The van der Waals surface area contributed by atoms with Gasteiger partial charge in [-0.3, -0.25) is 14.4 Å². The maximum atomic E-state index is 12.4. The van der Waals surface area contributed by atoms with Crippen molar-refractivity contribution in [3.63, 3.8) is 0 Å². The highest BCUT2D eigenvalue weighted by atomic mass is 16.2. The normalized spacial score (nSPS) is 10.2. The number of nitrogens with zero attached hydrogens (tertiary/aromatic N) is 1. The van der Waals surface area contributed by atoms with Gasteiger partial charge in [0.25, 0.3) is 5.91 Å². The third-order valence-corrected chi connectivity index (χ3v) is 4.12. The average molecular weight is 352 g/mol. The minimum Gasteiger partial charge on any atom is -0.339 e. The van der Waals surface area contributed by atoms with Crippen LogP contribution in [0.2, 0.25) is 0 Å². The molecule has 5 heteroatoms. The molecule has 0 atom stereocenters. The Morgan fingerprint density at radius 3 is 2.15 bits per heavy atom. The Morgan fingerprint density at radius 2 is 1.50 bits per heavy atom. The number of Topliss-reactive ketones (excluding diaryl/α,β-unsaturated/α-hetero) is 1. The molecule has 0 aliphatic heterocycles. The molecule has 0 radical (unpaired) electrons. The lowest BCUT2D eigenvalue weighted by Gasteiger charge is -2.19. The Balaban J connectivity index is 1.94. The summed E-state index contributed by atoms with van der Waals surface area (Å²) >= 11 is 0. The number of carbonyl (C=O) groups excluding carboxylic acids is 3. The summed E-state index contributed by atoms with van der Waals surface area (Å²) in [5.41, 5.74) is 1.69. The van der Waals surface area contributed by atoms with E-state index in [1.165, 1.54) is 0 Å². The second kappa shape index (κ2) is 9.51. The number of carbonyl (C=O) groups is 3. The van der Waals surface area contributed by atoms with Crippen LogP contribution in [0.3, 0.4) is 0 Å². The van der Waals surface area contributed by atoms with E-state index in [1.807, 2.05) is 19.9 Å². The van der Waals surface area contributed by atoms with Crippen LogP contribution in [-0.2, 0) is 4.79 Å². The molecule has 0 heterocycles. The highest BCUT2D eigenvalue weighted by molar-refractivity contribution is 6.00. The van der Waals surface area contributed by atoms with Crippen LogP contribution < -0.4 is 5.32 Å². The molecule has 5 nitrogen and oxygen atoms in total. The number of hydrogen-bond donors (Lipinski definition) is 1. The topological polar surface area (TPSA) is 66.5 Å². The number of rotatable bonds is 8. The summed E-state index contributed by atoms with van der Waals surface area (Å²) in [6.45, 7) is 5.12. The standard InChI is InChI=1S/C21H24N2O3/c1-3-23(4-2)21(26)17-11-8-12-18(15-17)22-20(25)14-13-19(24)16-9-6-5-7-10-16/h5-12,15H,3-4,13-14H2,1-2H3,(H,22,25). The van der Waals surface area contributed by atoms with Crippen LogP contribution in [0.4, 0.5) is 5.69 Å². The molecule has 2 aromatic rings. The van der Waals surface area contributed by atoms with Crippen molar-refractivity contribution >= 4 is 23.3 Å². The van der Waals surface area contributed by atoms with E-state index in [1.54, 1.807) is 53.4 Å². The fraction of sp³-hybridized carbons (Fsp3) is 0.286. The minimum absolute atomic E-state index is 0.0637. The summed E-state index contributed by atoms with van der Waals surface area (Å²) in [7, 11) is 0. The van der Waals surface area contributed by atoms with Crippen LogP contribution in [-0.4, -0.2) is 35.6 Å². The van der Waals surface area contributed by atoms with Crippen molar-refractivity contribution < 1.29 is 14.4 Å². The number of anilines is 1. The lowest BCUT2D eigenvalue weighted by atomic mass is 10.1. The number of ketones is 1. The zero-order valence-corrected chi connectivity index (χ0v) is 15.2. The molecule has 0 saturated carbocycles. The van der Waals surface area contributed by atoms with E-state index < -0.39 is 0 Å². The molecule has 0 fully saturated rings. The molecule has 2 aromatic carbocycles. The lowest BCUT2D eigenvalue weighted by Crippen LogP contribution is -2.30. The molecule has 0 bridgehead atoms. The number of hydrogen-bond acceptors (Lipinski definition) is 3. The van der Waals surface area contributed by atoms with Gasteiger partial charge in [-0.2, -0.15) is 0 Å². The summed E-state index contributed by atoms with van der Waals surface area (Å²) in [5.74, 6) is -0.377. The van der Waals surface area contributed by atoms with Crippen LogP contribution in [0.5, 0.6) is 0 Å². The number of nitrogens with one attached hydrogen (secondary N) is 1. The number of amides is 2. The van der Waals surface area contributed by atoms with Gasteiger partial charge in [-0.25, -0.2) is 0 Å². The molecule has 26 heavy (non-hydrogen) atoms. The Kier molecular flexibility index (Phi) is 7.09. The third kappa shape index (κ3) is 5.28. The first-order valence-electron chi connectivity index (χ1n) is 8.82. The second-order valence-electron chi connectivity index (χ2n) is 5.90. The maximum absolute atomic E-state index is 12.4. The summed E-state index contributed by atoms with van der Waals surface area (Å²) in [6, 6.07) is 15.8. The van der Waals surface area contributed by atoms with Gasteiger partial charge in [-0.05, 0) is 32.0 Å². The molecule has 0 aliphatic rings. The minimum atomic E-state index is -0.248. The predicted molar refractivity (Wildman–Crippen MR) is 102 cm³/mol. The molecule has 0 unspecified atom stereocenters. The van der Waals surface area contributed by atoms with Crippen molar-refractivity contribution in [2.45, 2.75) is 26.7 Å². The van der Waals surface area contributed by atoms with E-state index in [9.17, 15) is 14.4 Å². The van der Waals surface area contributed by atoms with Crippen LogP contribution in [0.25, 0.3) is 0 Å². The van der Waals surface area contributed by atoms with Crippen LogP contribution >= 0.6 is 0 Å². The van der Waals surface area contributed by atoms with Crippen LogP contribution in [0, 0.1) is 0 Å². The van der Waals surface area contributed by atoms with E-state index >= 15 is 0 Å². The van der Waals surface area contributed by atoms with Crippen molar-refractivity contribution in [1.29, 1.82) is 0 Å². The Morgan fingerprint density at radius 1 is 0.846 bits per heavy atom. The van der Waals surface area contributed by atoms with Gasteiger partial charge in [0.1, 0.15) is 0 Å². The lowest BCUT2D eigenvalue weighted by molar-refractivity contribution is -0.116. The van der Waals surface area contributed by atoms with Gasteiger partial charge in [-0.15, -0.1) is 0 Å². The molecule has 2 amide bonds. The SMILES string of the molecule is CCN(CC)C(=O)c1cccc(NC(=O)CCC(=O)c2ccccc2)c1. The van der Waals surface area contributed by atoms with E-state index in [0.717, 1.165) is 0 Å². The van der Waals surface area contributed by atoms with Gasteiger partial charge in [0.15, 0.2) is 5.78 Å².